The van der Waals surface area contributed by atoms with E-state index >= 15 is 0 Å². The number of hydrogen-bond acceptors (Lipinski definition) is 4. The molecule has 1 aromatic carbocycles. The molecule has 19 heavy (non-hydrogen) atoms. The minimum atomic E-state index is -0.0260. The zero-order valence-corrected chi connectivity index (χ0v) is 11.1. The summed E-state index contributed by atoms with van der Waals surface area (Å²) >= 11 is 0. The van der Waals surface area contributed by atoms with E-state index in [-0.39, 0.29) is 11.8 Å². The van der Waals surface area contributed by atoms with Gasteiger partial charge < -0.3 is 15.8 Å². The fraction of sp³-hybridized carbons (Fsp3) is 0.286. The first-order valence-corrected chi connectivity index (χ1v) is 6.15. The number of anilines is 1. The molecular weight excluding hydrogens is 240 g/mol. The van der Waals surface area contributed by atoms with Gasteiger partial charge in [-0.15, -0.1) is 0 Å². The molecule has 5 nitrogen and oxygen atoms in total. The molecule has 1 unspecified atom stereocenters. The Morgan fingerprint density at radius 1 is 1.42 bits per heavy atom. The van der Waals surface area contributed by atoms with Gasteiger partial charge in [0, 0.05) is 36.8 Å². The number of fused-ring (bicyclic) bond motifs is 1. The Morgan fingerprint density at radius 3 is 2.89 bits per heavy atom. The van der Waals surface area contributed by atoms with Gasteiger partial charge in [-0.05, 0) is 12.1 Å². The lowest BCUT2D eigenvalue weighted by Gasteiger charge is -2.24. The van der Waals surface area contributed by atoms with Gasteiger partial charge in [0.1, 0.15) is 5.84 Å². The van der Waals surface area contributed by atoms with E-state index in [0.717, 1.165) is 16.6 Å². The molecule has 0 radical (unpaired) electrons. The highest BCUT2D eigenvalue weighted by Crippen LogP contribution is 2.24. The summed E-state index contributed by atoms with van der Waals surface area (Å²) in [6.45, 7) is 2.60. The second kappa shape index (κ2) is 5.56. The minimum Gasteiger partial charge on any atom is -0.409 e. The van der Waals surface area contributed by atoms with E-state index in [1.807, 2.05) is 44.3 Å². The maximum Gasteiger partial charge on any atom is 0.143 e. The van der Waals surface area contributed by atoms with Crippen LogP contribution >= 0.6 is 0 Å². The number of pyridine rings is 1. The summed E-state index contributed by atoms with van der Waals surface area (Å²) in [5, 5.41) is 12.8. The maximum absolute atomic E-state index is 8.69. The molecule has 0 aliphatic rings. The predicted molar refractivity (Wildman–Crippen MR) is 77.6 cm³/mol. The largest absolute Gasteiger partial charge is 0.409 e. The van der Waals surface area contributed by atoms with E-state index in [1.165, 1.54) is 0 Å². The molecular formula is C14H18N4O. The molecule has 0 aliphatic carbocycles. The molecule has 0 amide bonds. The summed E-state index contributed by atoms with van der Waals surface area (Å²) in [5.74, 6) is 0.215. The number of aromatic nitrogens is 1. The van der Waals surface area contributed by atoms with Crippen molar-refractivity contribution in [3.8, 4) is 0 Å². The van der Waals surface area contributed by atoms with Gasteiger partial charge in [0.05, 0.1) is 5.52 Å². The average Bonchev–Trinajstić information content (AvgIpc) is 2.45. The van der Waals surface area contributed by atoms with Gasteiger partial charge in [0.15, 0.2) is 0 Å². The summed E-state index contributed by atoms with van der Waals surface area (Å²) in [6.07, 6.45) is 1.79. The Balaban J connectivity index is 2.29. The van der Waals surface area contributed by atoms with Crippen LogP contribution in [0.25, 0.3) is 10.9 Å². The normalized spacial score (nSPS) is 13.5. The number of nitrogens with two attached hydrogens (primary N) is 1. The van der Waals surface area contributed by atoms with Crippen LogP contribution < -0.4 is 10.6 Å². The standard InChI is InChI=1S/C14H18N4O/c1-10(14(15)17-19)9-18(2)13-7-8-16-12-6-4-3-5-11(12)13/h3-8,10,19H,9H2,1-2H3,(H2,15,17). The van der Waals surface area contributed by atoms with Crippen molar-refractivity contribution in [2.75, 3.05) is 18.5 Å². The third kappa shape index (κ3) is 2.76. The number of hydrogen-bond donors (Lipinski definition) is 2. The van der Waals surface area contributed by atoms with Crippen LogP contribution in [-0.4, -0.2) is 29.6 Å². The van der Waals surface area contributed by atoms with Crippen molar-refractivity contribution in [1.29, 1.82) is 0 Å². The summed E-state index contributed by atoms with van der Waals surface area (Å²) in [4.78, 5) is 6.43. The van der Waals surface area contributed by atoms with Crippen LogP contribution in [0.2, 0.25) is 0 Å². The number of amidine groups is 1. The second-order valence-electron chi connectivity index (χ2n) is 4.65. The van der Waals surface area contributed by atoms with Gasteiger partial charge in [0.25, 0.3) is 0 Å². The van der Waals surface area contributed by atoms with E-state index in [1.54, 1.807) is 6.20 Å². The number of nitrogens with zero attached hydrogens (tertiary/aromatic N) is 3. The SMILES string of the molecule is CC(CN(C)c1ccnc2ccccc12)/C(N)=N/O. The Labute approximate surface area is 112 Å². The third-order valence-corrected chi connectivity index (χ3v) is 3.21. The lowest BCUT2D eigenvalue weighted by Crippen LogP contribution is -2.32. The van der Waals surface area contributed by atoms with E-state index in [4.69, 9.17) is 10.9 Å². The lowest BCUT2D eigenvalue weighted by atomic mass is 10.1. The predicted octanol–water partition coefficient (Wildman–Crippen LogP) is 2.05. The average molecular weight is 258 g/mol. The molecule has 0 spiro atoms. The number of para-hydroxylation sites is 1. The van der Waals surface area contributed by atoms with Crippen LogP contribution in [0, 0.1) is 5.92 Å². The van der Waals surface area contributed by atoms with E-state index in [9.17, 15) is 0 Å². The Morgan fingerprint density at radius 2 is 2.16 bits per heavy atom. The van der Waals surface area contributed by atoms with E-state index < -0.39 is 0 Å². The maximum atomic E-state index is 8.69. The molecule has 2 rings (SSSR count). The highest BCUT2D eigenvalue weighted by molar-refractivity contribution is 5.91. The van der Waals surface area contributed by atoms with Gasteiger partial charge in [-0.3, -0.25) is 4.98 Å². The first-order valence-electron chi connectivity index (χ1n) is 6.15. The molecule has 1 atom stereocenters. The van der Waals surface area contributed by atoms with Crippen molar-refractivity contribution < 1.29 is 5.21 Å². The molecule has 0 saturated heterocycles. The molecule has 0 bridgehead atoms. The van der Waals surface area contributed by atoms with Crippen molar-refractivity contribution >= 4 is 22.4 Å². The first-order chi connectivity index (χ1) is 9.13. The fourth-order valence-electron chi connectivity index (χ4n) is 2.11. The quantitative estimate of drug-likeness (QED) is 0.381. The molecule has 1 aromatic heterocycles. The molecule has 100 valence electrons. The highest BCUT2D eigenvalue weighted by atomic mass is 16.4. The Kier molecular flexibility index (Phi) is 3.85. The van der Waals surface area contributed by atoms with Crippen molar-refractivity contribution in [2.24, 2.45) is 16.8 Å². The van der Waals surface area contributed by atoms with Crippen LogP contribution in [0.3, 0.4) is 0 Å². The summed E-state index contributed by atoms with van der Waals surface area (Å²) < 4.78 is 0. The van der Waals surface area contributed by atoms with Crippen LogP contribution in [0.4, 0.5) is 5.69 Å². The van der Waals surface area contributed by atoms with Gasteiger partial charge in [-0.25, -0.2) is 0 Å². The summed E-state index contributed by atoms with van der Waals surface area (Å²) in [7, 11) is 1.99. The number of rotatable bonds is 4. The fourth-order valence-corrected chi connectivity index (χ4v) is 2.11. The molecule has 5 heteroatoms. The second-order valence-corrected chi connectivity index (χ2v) is 4.65. The molecule has 3 N–H and O–H groups in total. The van der Waals surface area contributed by atoms with Gasteiger partial charge in [0.2, 0.25) is 0 Å². The smallest absolute Gasteiger partial charge is 0.143 e. The molecule has 0 fully saturated rings. The number of benzene rings is 1. The number of oxime groups is 1. The molecule has 0 saturated carbocycles. The van der Waals surface area contributed by atoms with Crippen molar-refractivity contribution in [1.82, 2.24) is 4.98 Å². The van der Waals surface area contributed by atoms with Crippen molar-refractivity contribution in [3.05, 3.63) is 36.5 Å². The van der Waals surface area contributed by atoms with E-state index in [0.29, 0.717) is 6.54 Å². The molecule has 1 heterocycles. The Bertz CT molecular complexity index is 592. The van der Waals surface area contributed by atoms with Gasteiger partial charge in [-0.2, -0.15) is 0 Å². The molecule has 2 aromatic rings. The zero-order valence-electron chi connectivity index (χ0n) is 11.1. The lowest BCUT2D eigenvalue weighted by molar-refractivity contribution is 0.314. The minimum absolute atomic E-state index is 0.0260. The topological polar surface area (TPSA) is 74.7 Å². The summed E-state index contributed by atoms with van der Waals surface area (Å²) in [5.41, 5.74) is 7.66. The van der Waals surface area contributed by atoms with Crippen LogP contribution in [0.15, 0.2) is 41.7 Å². The Hall–Kier alpha value is -2.30. The monoisotopic (exact) mass is 258 g/mol. The first kappa shape index (κ1) is 13.1. The van der Waals surface area contributed by atoms with Crippen LogP contribution in [0.5, 0.6) is 0 Å². The van der Waals surface area contributed by atoms with Crippen molar-refractivity contribution in [2.45, 2.75) is 6.92 Å². The summed E-state index contributed by atoms with van der Waals surface area (Å²) in [6, 6.07) is 9.97. The van der Waals surface area contributed by atoms with Gasteiger partial charge in [-0.1, -0.05) is 30.3 Å². The van der Waals surface area contributed by atoms with Crippen LogP contribution in [-0.2, 0) is 0 Å². The zero-order chi connectivity index (χ0) is 13.8. The third-order valence-electron chi connectivity index (χ3n) is 3.21. The molecule has 0 aliphatic heterocycles. The van der Waals surface area contributed by atoms with Gasteiger partial charge >= 0.3 is 0 Å². The van der Waals surface area contributed by atoms with Crippen LogP contribution in [0.1, 0.15) is 6.92 Å². The highest BCUT2D eigenvalue weighted by Gasteiger charge is 2.13. The van der Waals surface area contributed by atoms with E-state index in [2.05, 4.69) is 15.0 Å². The van der Waals surface area contributed by atoms with Crippen molar-refractivity contribution in [3.63, 3.8) is 0 Å².